The summed E-state index contributed by atoms with van der Waals surface area (Å²) in [7, 11) is 0. The molecule has 0 spiro atoms. The predicted octanol–water partition coefficient (Wildman–Crippen LogP) is 2.60. The largest absolute Gasteiger partial charge is 0.435 e. The monoisotopic (exact) mass is 281 g/mol. The molecule has 1 aliphatic rings. The standard InChI is InChI=1S/C13H13F2N3O2/c14-13(15)19-9-5-3-7(4-6-9)10(16)11-17-12(20-18-11)8-1-2-8/h3-6,8,10,13H,1-2,16H2. The fourth-order valence-corrected chi connectivity index (χ4v) is 1.88. The van der Waals surface area contributed by atoms with Gasteiger partial charge in [-0.2, -0.15) is 13.8 Å². The number of rotatable bonds is 5. The lowest BCUT2D eigenvalue weighted by Crippen LogP contribution is -2.13. The summed E-state index contributed by atoms with van der Waals surface area (Å²) in [6.45, 7) is -2.84. The maximum Gasteiger partial charge on any atom is 0.387 e. The van der Waals surface area contributed by atoms with Crippen molar-refractivity contribution >= 4 is 0 Å². The molecule has 2 N–H and O–H groups in total. The van der Waals surface area contributed by atoms with Crippen molar-refractivity contribution in [1.29, 1.82) is 0 Å². The average Bonchev–Trinajstić information content (AvgIpc) is 3.16. The Kier molecular flexibility index (Phi) is 3.35. The molecule has 1 aromatic heterocycles. The third kappa shape index (κ3) is 2.77. The summed E-state index contributed by atoms with van der Waals surface area (Å²) in [5.74, 6) is 1.47. The molecule has 1 atom stereocenters. The van der Waals surface area contributed by atoms with E-state index in [1.54, 1.807) is 12.1 Å². The molecule has 1 heterocycles. The summed E-state index contributed by atoms with van der Waals surface area (Å²) in [6.07, 6.45) is 2.13. The molecule has 0 radical (unpaired) electrons. The van der Waals surface area contributed by atoms with Gasteiger partial charge in [0.1, 0.15) is 5.75 Å². The number of nitrogens with zero attached hydrogens (tertiary/aromatic N) is 2. The summed E-state index contributed by atoms with van der Waals surface area (Å²) in [4.78, 5) is 4.27. The lowest BCUT2D eigenvalue weighted by molar-refractivity contribution is -0.0498. The molecule has 1 unspecified atom stereocenters. The SMILES string of the molecule is NC(c1ccc(OC(F)F)cc1)c1noc(C2CC2)n1. The highest BCUT2D eigenvalue weighted by molar-refractivity contribution is 5.31. The quantitative estimate of drug-likeness (QED) is 0.911. The van der Waals surface area contributed by atoms with E-state index in [1.165, 1.54) is 12.1 Å². The van der Waals surface area contributed by atoms with Gasteiger partial charge in [0, 0.05) is 5.92 Å². The Bertz CT molecular complexity index is 582. The van der Waals surface area contributed by atoms with Gasteiger partial charge in [-0.1, -0.05) is 17.3 Å². The van der Waals surface area contributed by atoms with Crippen LogP contribution in [0.4, 0.5) is 8.78 Å². The third-order valence-corrected chi connectivity index (χ3v) is 3.13. The van der Waals surface area contributed by atoms with Crippen LogP contribution >= 0.6 is 0 Å². The number of ether oxygens (including phenoxy) is 1. The van der Waals surface area contributed by atoms with Crippen LogP contribution in [-0.4, -0.2) is 16.8 Å². The minimum Gasteiger partial charge on any atom is -0.435 e. The van der Waals surface area contributed by atoms with Crippen molar-refractivity contribution in [2.45, 2.75) is 31.4 Å². The highest BCUT2D eigenvalue weighted by atomic mass is 19.3. The molecule has 1 fully saturated rings. The maximum atomic E-state index is 12.0. The van der Waals surface area contributed by atoms with E-state index in [4.69, 9.17) is 10.3 Å². The number of hydrogen-bond donors (Lipinski definition) is 1. The first-order chi connectivity index (χ1) is 9.63. The smallest absolute Gasteiger partial charge is 0.387 e. The van der Waals surface area contributed by atoms with Crippen molar-refractivity contribution in [2.75, 3.05) is 0 Å². The Labute approximate surface area is 113 Å². The number of halogens is 2. The van der Waals surface area contributed by atoms with E-state index in [0.29, 0.717) is 23.2 Å². The lowest BCUT2D eigenvalue weighted by atomic mass is 10.1. The Morgan fingerprint density at radius 2 is 1.95 bits per heavy atom. The van der Waals surface area contributed by atoms with Gasteiger partial charge in [-0.05, 0) is 30.5 Å². The first-order valence-electron chi connectivity index (χ1n) is 6.27. The molecule has 0 bridgehead atoms. The molecule has 1 saturated carbocycles. The van der Waals surface area contributed by atoms with Crippen molar-refractivity contribution in [1.82, 2.24) is 10.1 Å². The van der Waals surface area contributed by atoms with E-state index in [2.05, 4.69) is 14.9 Å². The highest BCUT2D eigenvalue weighted by Crippen LogP contribution is 2.39. The molecule has 3 rings (SSSR count). The molecule has 0 saturated heterocycles. The third-order valence-electron chi connectivity index (χ3n) is 3.13. The highest BCUT2D eigenvalue weighted by Gasteiger charge is 2.30. The average molecular weight is 281 g/mol. The zero-order chi connectivity index (χ0) is 14.1. The molecule has 20 heavy (non-hydrogen) atoms. The van der Waals surface area contributed by atoms with Crippen molar-refractivity contribution < 1.29 is 18.0 Å². The summed E-state index contributed by atoms with van der Waals surface area (Å²) in [5, 5.41) is 3.86. The van der Waals surface area contributed by atoms with Crippen LogP contribution in [0, 0.1) is 0 Å². The number of aromatic nitrogens is 2. The fraction of sp³-hybridized carbons (Fsp3) is 0.385. The van der Waals surface area contributed by atoms with E-state index < -0.39 is 12.7 Å². The van der Waals surface area contributed by atoms with Crippen molar-refractivity contribution in [3.8, 4) is 5.75 Å². The zero-order valence-electron chi connectivity index (χ0n) is 10.5. The van der Waals surface area contributed by atoms with Crippen LogP contribution in [-0.2, 0) is 0 Å². The molecule has 0 amide bonds. The molecular weight excluding hydrogens is 268 g/mol. The van der Waals surface area contributed by atoms with Crippen LogP contribution in [0.15, 0.2) is 28.8 Å². The van der Waals surface area contributed by atoms with E-state index in [1.807, 2.05) is 0 Å². The number of hydrogen-bond acceptors (Lipinski definition) is 5. The van der Waals surface area contributed by atoms with Gasteiger partial charge in [-0.15, -0.1) is 0 Å². The van der Waals surface area contributed by atoms with Crippen LogP contribution in [0.2, 0.25) is 0 Å². The second-order valence-electron chi connectivity index (χ2n) is 4.69. The number of benzene rings is 1. The number of alkyl halides is 2. The summed E-state index contributed by atoms with van der Waals surface area (Å²) < 4.78 is 33.5. The van der Waals surface area contributed by atoms with Crippen LogP contribution in [0.5, 0.6) is 5.75 Å². The molecule has 2 aromatic rings. The van der Waals surface area contributed by atoms with Crippen LogP contribution in [0.1, 0.15) is 42.1 Å². The van der Waals surface area contributed by atoms with Crippen molar-refractivity contribution in [2.24, 2.45) is 5.73 Å². The summed E-state index contributed by atoms with van der Waals surface area (Å²) >= 11 is 0. The molecule has 1 aliphatic carbocycles. The second-order valence-corrected chi connectivity index (χ2v) is 4.69. The predicted molar refractivity (Wildman–Crippen MR) is 65.4 cm³/mol. The number of nitrogens with two attached hydrogens (primary N) is 1. The normalized spacial score (nSPS) is 16.4. The topological polar surface area (TPSA) is 74.2 Å². The summed E-state index contributed by atoms with van der Waals surface area (Å²) in [5.41, 5.74) is 6.73. The maximum absolute atomic E-state index is 12.0. The summed E-state index contributed by atoms with van der Waals surface area (Å²) in [6, 6.07) is 5.53. The van der Waals surface area contributed by atoms with E-state index in [9.17, 15) is 8.78 Å². The molecule has 106 valence electrons. The van der Waals surface area contributed by atoms with E-state index in [0.717, 1.165) is 12.8 Å². The zero-order valence-corrected chi connectivity index (χ0v) is 10.5. The van der Waals surface area contributed by atoms with Gasteiger partial charge < -0.3 is 15.0 Å². The molecule has 1 aromatic carbocycles. The Morgan fingerprint density at radius 3 is 2.55 bits per heavy atom. The van der Waals surface area contributed by atoms with Crippen LogP contribution in [0.3, 0.4) is 0 Å². The van der Waals surface area contributed by atoms with Gasteiger partial charge in [0.05, 0.1) is 6.04 Å². The molecular formula is C13H13F2N3O2. The minimum absolute atomic E-state index is 0.0859. The second kappa shape index (κ2) is 5.16. The van der Waals surface area contributed by atoms with Crippen LogP contribution < -0.4 is 10.5 Å². The molecule has 7 heteroatoms. The van der Waals surface area contributed by atoms with Crippen LogP contribution in [0.25, 0.3) is 0 Å². The van der Waals surface area contributed by atoms with Gasteiger partial charge in [0.25, 0.3) is 0 Å². The first-order valence-corrected chi connectivity index (χ1v) is 6.27. The fourth-order valence-electron chi connectivity index (χ4n) is 1.88. The Balaban J connectivity index is 1.73. The van der Waals surface area contributed by atoms with Crippen molar-refractivity contribution in [3.63, 3.8) is 0 Å². The van der Waals surface area contributed by atoms with E-state index in [-0.39, 0.29) is 5.75 Å². The van der Waals surface area contributed by atoms with Gasteiger partial charge in [-0.25, -0.2) is 0 Å². The molecule has 0 aliphatic heterocycles. The van der Waals surface area contributed by atoms with Gasteiger partial charge in [-0.3, -0.25) is 0 Å². The van der Waals surface area contributed by atoms with E-state index >= 15 is 0 Å². The lowest BCUT2D eigenvalue weighted by Gasteiger charge is -2.09. The first kappa shape index (κ1) is 13.0. The van der Waals surface area contributed by atoms with Gasteiger partial charge >= 0.3 is 6.61 Å². The van der Waals surface area contributed by atoms with Crippen molar-refractivity contribution in [3.05, 3.63) is 41.5 Å². The van der Waals surface area contributed by atoms with Gasteiger partial charge in [0.15, 0.2) is 5.82 Å². The Hall–Kier alpha value is -2.02. The minimum atomic E-state index is -2.84. The molecule has 5 nitrogen and oxygen atoms in total. The Morgan fingerprint density at radius 1 is 1.25 bits per heavy atom. The van der Waals surface area contributed by atoms with Gasteiger partial charge in [0.2, 0.25) is 5.89 Å².